The van der Waals surface area contributed by atoms with Gasteiger partial charge in [0.15, 0.2) is 0 Å². The number of hydrogen-bond acceptors (Lipinski definition) is 3. The third-order valence-corrected chi connectivity index (χ3v) is 6.20. The first kappa shape index (κ1) is 20.3. The first-order valence-corrected chi connectivity index (χ1v) is 10.8. The van der Waals surface area contributed by atoms with Crippen LogP contribution >= 0.6 is 0 Å². The van der Waals surface area contributed by atoms with Crippen molar-refractivity contribution in [2.45, 2.75) is 32.7 Å². The smallest absolute Gasteiger partial charge is 0.255 e. The Kier molecular flexibility index (Phi) is 5.93. The van der Waals surface area contributed by atoms with Crippen LogP contribution in [-0.4, -0.2) is 26.1 Å². The molecule has 1 amide bonds. The lowest BCUT2D eigenvalue weighted by Crippen LogP contribution is -2.32. The van der Waals surface area contributed by atoms with Crippen LogP contribution < -0.4 is 15.0 Å². The van der Waals surface area contributed by atoms with Crippen LogP contribution in [-0.2, 0) is 0 Å². The van der Waals surface area contributed by atoms with E-state index >= 15 is 0 Å². The second-order valence-electron chi connectivity index (χ2n) is 8.36. The Morgan fingerprint density at radius 3 is 2.30 bits per heavy atom. The molecular weight excluding hydrogens is 372 g/mol. The molecule has 30 heavy (non-hydrogen) atoms. The highest BCUT2D eigenvalue weighted by atomic mass is 16.5. The molecule has 1 aliphatic rings. The summed E-state index contributed by atoms with van der Waals surface area (Å²) < 4.78 is 5.49. The number of ether oxygens (including phenoxy) is 1. The number of fused-ring (bicyclic) bond motifs is 1. The zero-order valence-corrected chi connectivity index (χ0v) is 18.0. The molecular formula is C26H30N2O2. The van der Waals surface area contributed by atoms with Crippen LogP contribution in [0.1, 0.15) is 48.7 Å². The van der Waals surface area contributed by atoms with Gasteiger partial charge in [0.2, 0.25) is 0 Å². The normalized spacial score (nSPS) is 15.8. The molecule has 0 spiro atoms. The van der Waals surface area contributed by atoms with Crippen LogP contribution in [0.4, 0.5) is 5.69 Å². The van der Waals surface area contributed by atoms with Crippen molar-refractivity contribution in [2.75, 3.05) is 25.1 Å². The van der Waals surface area contributed by atoms with Crippen molar-refractivity contribution in [3.05, 3.63) is 71.8 Å². The monoisotopic (exact) mass is 402 g/mol. The van der Waals surface area contributed by atoms with Crippen LogP contribution in [0.3, 0.4) is 0 Å². The molecule has 0 saturated carbocycles. The van der Waals surface area contributed by atoms with Gasteiger partial charge in [0, 0.05) is 18.8 Å². The molecule has 4 heteroatoms. The summed E-state index contributed by atoms with van der Waals surface area (Å²) in [5.74, 6) is 1.29. The minimum absolute atomic E-state index is 0.0934. The second kappa shape index (κ2) is 8.78. The Morgan fingerprint density at radius 2 is 1.67 bits per heavy atom. The largest absolute Gasteiger partial charge is 0.496 e. The summed E-state index contributed by atoms with van der Waals surface area (Å²) in [6, 6.07) is 20.3. The Bertz CT molecular complexity index is 1020. The van der Waals surface area contributed by atoms with E-state index in [-0.39, 0.29) is 11.9 Å². The lowest BCUT2D eigenvalue weighted by Gasteiger charge is -2.32. The lowest BCUT2D eigenvalue weighted by atomic mass is 9.98. The van der Waals surface area contributed by atoms with Crippen LogP contribution in [0.2, 0.25) is 0 Å². The standard InChI is InChI=1S/C26H30N2O2/c1-18-12-14-28(15-13-18)23-10-8-20(9-11-23)19(2)27-26(29)24-16-21-6-4-5-7-22(21)17-25(24)30-3/h4-11,16-19H,12-15H2,1-3H3,(H,27,29)/t19-/m0/s1. The number of rotatable bonds is 5. The number of methoxy groups -OCH3 is 1. The van der Waals surface area contributed by atoms with E-state index in [1.54, 1.807) is 7.11 Å². The molecule has 0 aliphatic carbocycles. The summed E-state index contributed by atoms with van der Waals surface area (Å²) in [5.41, 5.74) is 2.92. The molecule has 1 heterocycles. The Labute approximate surface area is 178 Å². The zero-order valence-electron chi connectivity index (χ0n) is 18.0. The first-order valence-electron chi connectivity index (χ1n) is 10.8. The van der Waals surface area contributed by atoms with Gasteiger partial charge >= 0.3 is 0 Å². The molecule has 3 aromatic rings. The summed E-state index contributed by atoms with van der Waals surface area (Å²) in [6.07, 6.45) is 2.50. The summed E-state index contributed by atoms with van der Waals surface area (Å²) in [5, 5.41) is 5.21. The van der Waals surface area contributed by atoms with E-state index in [0.29, 0.717) is 11.3 Å². The van der Waals surface area contributed by atoms with Gasteiger partial charge in [-0.3, -0.25) is 4.79 Å². The fourth-order valence-corrected chi connectivity index (χ4v) is 4.16. The number of nitrogens with zero attached hydrogens (tertiary/aromatic N) is 1. The van der Waals surface area contributed by atoms with Crippen molar-refractivity contribution >= 4 is 22.4 Å². The van der Waals surface area contributed by atoms with Gasteiger partial charge in [-0.25, -0.2) is 0 Å². The summed E-state index contributed by atoms with van der Waals surface area (Å²) in [4.78, 5) is 15.4. The molecule has 1 saturated heterocycles. The van der Waals surface area contributed by atoms with E-state index in [0.717, 1.165) is 35.3 Å². The maximum atomic E-state index is 13.0. The predicted molar refractivity (Wildman–Crippen MR) is 123 cm³/mol. The van der Waals surface area contributed by atoms with Crippen molar-refractivity contribution in [3.8, 4) is 5.75 Å². The lowest BCUT2D eigenvalue weighted by molar-refractivity contribution is 0.0937. The average Bonchev–Trinajstić information content (AvgIpc) is 2.78. The number of carbonyl (C=O) groups is 1. The van der Waals surface area contributed by atoms with Crippen molar-refractivity contribution in [1.82, 2.24) is 5.32 Å². The van der Waals surface area contributed by atoms with Crippen molar-refractivity contribution < 1.29 is 9.53 Å². The highest BCUT2D eigenvalue weighted by Gasteiger charge is 2.18. The highest BCUT2D eigenvalue weighted by molar-refractivity contribution is 6.01. The minimum atomic E-state index is -0.126. The fourth-order valence-electron chi connectivity index (χ4n) is 4.16. The van der Waals surface area contributed by atoms with Gasteiger partial charge in [0.1, 0.15) is 5.75 Å². The molecule has 1 aliphatic heterocycles. The SMILES string of the molecule is COc1cc2ccccc2cc1C(=O)N[C@@H](C)c1ccc(N2CCC(C)CC2)cc1. The van der Waals surface area contributed by atoms with Gasteiger partial charge in [0.05, 0.1) is 18.7 Å². The first-order chi connectivity index (χ1) is 14.5. The molecule has 0 bridgehead atoms. The number of hydrogen-bond donors (Lipinski definition) is 1. The van der Waals surface area contributed by atoms with Crippen molar-refractivity contribution in [2.24, 2.45) is 5.92 Å². The topological polar surface area (TPSA) is 41.6 Å². The van der Waals surface area contributed by atoms with Gasteiger partial charge < -0.3 is 15.0 Å². The Morgan fingerprint density at radius 1 is 1.03 bits per heavy atom. The van der Waals surface area contributed by atoms with Crippen LogP contribution in [0.15, 0.2) is 60.7 Å². The highest BCUT2D eigenvalue weighted by Crippen LogP contribution is 2.28. The van der Waals surface area contributed by atoms with E-state index in [2.05, 4.69) is 41.4 Å². The maximum absolute atomic E-state index is 13.0. The summed E-state index contributed by atoms with van der Waals surface area (Å²) in [7, 11) is 1.60. The van der Waals surface area contributed by atoms with E-state index < -0.39 is 0 Å². The van der Waals surface area contributed by atoms with Gasteiger partial charge in [-0.1, -0.05) is 43.3 Å². The van der Waals surface area contributed by atoms with Crippen LogP contribution in [0.5, 0.6) is 5.75 Å². The number of nitrogens with one attached hydrogen (secondary N) is 1. The molecule has 4 nitrogen and oxygen atoms in total. The van der Waals surface area contributed by atoms with Crippen LogP contribution in [0.25, 0.3) is 10.8 Å². The fraction of sp³-hybridized carbons (Fsp3) is 0.346. The molecule has 3 aromatic carbocycles. The molecule has 1 fully saturated rings. The minimum Gasteiger partial charge on any atom is -0.496 e. The number of amides is 1. The van der Waals surface area contributed by atoms with Crippen molar-refractivity contribution in [3.63, 3.8) is 0 Å². The summed E-state index contributed by atoms with van der Waals surface area (Å²) >= 11 is 0. The van der Waals surface area contributed by atoms with Gasteiger partial charge in [-0.15, -0.1) is 0 Å². The average molecular weight is 403 g/mol. The summed E-state index contributed by atoms with van der Waals surface area (Å²) in [6.45, 7) is 6.58. The van der Waals surface area contributed by atoms with Gasteiger partial charge in [-0.05, 0) is 66.3 Å². The second-order valence-corrected chi connectivity index (χ2v) is 8.36. The Balaban J connectivity index is 1.47. The molecule has 1 N–H and O–H groups in total. The van der Waals surface area contributed by atoms with Crippen LogP contribution in [0, 0.1) is 5.92 Å². The Hall–Kier alpha value is -3.01. The molecule has 0 aromatic heterocycles. The molecule has 0 unspecified atom stereocenters. The van der Waals surface area contributed by atoms with Gasteiger partial charge in [0.25, 0.3) is 5.91 Å². The molecule has 0 radical (unpaired) electrons. The molecule has 1 atom stereocenters. The quantitative estimate of drug-likeness (QED) is 0.606. The van der Waals surface area contributed by atoms with E-state index in [9.17, 15) is 4.79 Å². The van der Waals surface area contributed by atoms with Crippen molar-refractivity contribution in [1.29, 1.82) is 0 Å². The van der Waals surface area contributed by atoms with Gasteiger partial charge in [-0.2, -0.15) is 0 Å². The molecule has 4 rings (SSSR count). The predicted octanol–water partition coefficient (Wildman–Crippen LogP) is 5.58. The number of benzene rings is 3. The van der Waals surface area contributed by atoms with E-state index in [4.69, 9.17) is 4.74 Å². The third-order valence-electron chi connectivity index (χ3n) is 6.20. The molecule has 156 valence electrons. The number of anilines is 1. The van der Waals surface area contributed by atoms with E-state index in [1.807, 2.05) is 43.3 Å². The number of carbonyl (C=O) groups excluding carboxylic acids is 1. The maximum Gasteiger partial charge on any atom is 0.255 e. The number of piperidine rings is 1. The zero-order chi connectivity index (χ0) is 21.1. The van der Waals surface area contributed by atoms with E-state index in [1.165, 1.54) is 18.5 Å². The third kappa shape index (κ3) is 4.28.